The minimum absolute atomic E-state index is 0.320. The molecule has 1 rings (SSSR count). The van der Waals surface area contributed by atoms with Crippen molar-refractivity contribution in [3.8, 4) is 0 Å². The van der Waals surface area contributed by atoms with E-state index in [-0.39, 0.29) is 11.5 Å². The van der Waals surface area contributed by atoms with Gasteiger partial charge in [-0.05, 0) is 17.7 Å². The number of aliphatic hydroxyl groups excluding tert-OH is 1. The Bertz CT molecular complexity index is 456. The maximum Gasteiger partial charge on any atom is 0.245 e. The second kappa shape index (κ2) is 4.26. The van der Waals surface area contributed by atoms with Crippen molar-refractivity contribution < 1.29 is 17.9 Å². The summed E-state index contributed by atoms with van der Waals surface area (Å²) < 4.78 is 37.5. The molecule has 0 saturated carbocycles. The van der Waals surface area contributed by atoms with Crippen LogP contribution in [0.1, 0.15) is 5.56 Å². The highest BCUT2D eigenvalue weighted by Crippen LogP contribution is 2.18. The summed E-state index contributed by atoms with van der Waals surface area (Å²) in [6, 6.07) is 3.53. The molecule has 0 aliphatic heterocycles. The molecule has 0 fully saturated rings. The second-order valence-electron chi connectivity index (χ2n) is 3.21. The normalized spacial score (nSPS) is 12.1. The quantitative estimate of drug-likeness (QED) is 0.830. The van der Waals surface area contributed by atoms with E-state index < -0.39 is 15.8 Å². The van der Waals surface area contributed by atoms with E-state index in [4.69, 9.17) is 5.11 Å². The summed E-state index contributed by atoms with van der Waals surface area (Å²) >= 11 is 0. The lowest BCUT2D eigenvalue weighted by molar-refractivity contribution is 0.281. The monoisotopic (exact) mass is 233 g/mol. The average molecular weight is 233 g/mol. The van der Waals surface area contributed by atoms with Gasteiger partial charge in [-0.2, -0.15) is 0 Å². The van der Waals surface area contributed by atoms with Crippen LogP contribution in [0.4, 0.5) is 4.39 Å². The topological polar surface area (TPSA) is 57.6 Å². The van der Waals surface area contributed by atoms with Gasteiger partial charge >= 0.3 is 0 Å². The van der Waals surface area contributed by atoms with Gasteiger partial charge in [0, 0.05) is 14.1 Å². The van der Waals surface area contributed by atoms with Gasteiger partial charge in [0.15, 0.2) is 0 Å². The van der Waals surface area contributed by atoms with Gasteiger partial charge in [0.2, 0.25) is 10.0 Å². The van der Waals surface area contributed by atoms with Gasteiger partial charge in [-0.25, -0.2) is 17.1 Å². The number of sulfonamides is 1. The molecule has 1 aromatic rings. The molecule has 0 aliphatic rings. The zero-order valence-electron chi connectivity index (χ0n) is 8.44. The Hall–Kier alpha value is -0.980. The third-order valence-electron chi connectivity index (χ3n) is 1.94. The SMILES string of the molecule is CN(C)S(=O)(=O)c1ccc(CO)cc1F. The zero-order chi connectivity index (χ0) is 11.6. The van der Waals surface area contributed by atoms with Crippen LogP contribution in [0.25, 0.3) is 0 Å². The van der Waals surface area contributed by atoms with E-state index in [1.165, 1.54) is 20.2 Å². The molecule has 0 heterocycles. The van der Waals surface area contributed by atoms with E-state index in [2.05, 4.69) is 0 Å². The number of nitrogens with zero attached hydrogens (tertiary/aromatic N) is 1. The third-order valence-corrected chi connectivity index (χ3v) is 3.79. The smallest absolute Gasteiger partial charge is 0.245 e. The summed E-state index contributed by atoms with van der Waals surface area (Å²) in [7, 11) is -1.10. The van der Waals surface area contributed by atoms with Crippen LogP contribution < -0.4 is 0 Å². The van der Waals surface area contributed by atoms with Gasteiger partial charge in [0.1, 0.15) is 10.7 Å². The van der Waals surface area contributed by atoms with Crippen molar-refractivity contribution in [2.24, 2.45) is 0 Å². The predicted octanol–water partition coefficient (Wildman–Crippen LogP) is 0.568. The molecular weight excluding hydrogens is 221 g/mol. The third kappa shape index (κ3) is 2.34. The van der Waals surface area contributed by atoms with Crippen LogP contribution in [-0.2, 0) is 16.6 Å². The highest BCUT2D eigenvalue weighted by atomic mass is 32.2. The zero-order valence-corrected chi connectivity index (χ0v) is 9.25. The highest BCUT2D eigenvalue weighted by molar-refractivity contribution is 7.89. The van der Waals surface area contributed by atoms with Crippen molar-refractivity contribution >= 4 is 10.0 Å². The summed E-state index contributed by atoms with van der Waals surface area (Å²) in [6.07, 6.45) is 0. The molecule has 1 N–H and O–H groups in total. The van der Waals surface area contributed by atoms with E-state index in [1.807, 2.05) is 0 Å². The second-order valence-corrected chi connectivity index (χ2v) is 5.33. The minimum Gasteiger partial charge on any atom is -0.392 e. The maximum atomic E-state index is 13.4. The van der Waals surface area contributed by atoms with Gasteiger partial charge in [-0.15, -0.1) is 0 Å². The molecule has 0 atom stereocenters. The Morgan fingerprint density at radius 3 is 2.40 bits per heavy atom. The lowest BCUT2D eigenvalue weighted by Crippen LogP contribution is -2.23. The summed E-state index contributed by atoms with van der Waals surface area (Å²) in [6.45, 7) is -0.320. The molecule has 6 heteroatoms. The molecule has 15 heavy (non-hydrogen) atoms. The van der Waals surface area contributed by atoms with Crippen LogP contribution in [-0.4, -0.2) is 31.9 Å². The number of hydrogen-bond donors (Lipinski definition) is 1. The number of benzene rings is 1. The largest absolute Gasteiger partial charge is 0.392 e. The van der Waals surface area contributed by atoms with Crippen LogP contribution in [0, 0.1) is 5.82 Å². The fraction of sp³-hybridized carbons (Fsp3) is 0.333. The van der Waals surface area contributed by atoms with Crippen LogP contribution >= 0.6 is 0 Å². The molecule has 0 aromatic heterocycles. The fourth-order valence-electron chi connectivity index (χ4n) is 1.05. The van der Waals surface area contributed by atoms with Gasteiger partial charge in [0.05, 0.1) is 6.61 Å². The Balaban J connectivity index is 3.29. The van der Waals surface area contributed by atoms with Crippen molar-refractivity contribution in [3.63, 3.8) is 0 Å². The first-order valence-corrected chi connectivity index (χ1v) is 5.65. The van der Waals surface area contributed by atoms with Crippen molar-refractivity contribution in [2.75, 3.05) is 14.1 Å². The maximum absolute atomic E-state index is 13.4. The molecule has 0 spiro atoms. The summed E-state index contributed by atoms with van der Waals surface area (Å²) in [4.78, 5) is -0.385. The number of halogens is 1. The Morgan fingerprint density at radius 1 is 1.40 bits per heavy atom. The van der Waals surface area contributed by atoms with E-state index in [0.717, 1.165) is 16.4 Å². The molecule has 84 valence electrons. The molecular formula is C9H12FNO3S. The first-order valence-electron chi connectivity index (χ1n) is 4.21. The Morgan fingerprint density at radius 2 is 2.00 bits per heavy atom. The number of hydrogen-bond acceptors (Lipinski definition) is 3. The average Bonchev–Trinajstić information content (AvgIpc) is 2.16. The molecule has 0 saturated heterocycles. The Labute approximate surface area is 88.0 Å². The molecule has 0 aliphatic carbocycles. The number of rotatable bonds is 3. The van der Waals surface area contributed by atoms with Gasteiger partial charge < -0.3 is 5.11 Å². The molecule has 1 aromatic carbocycles. The van der Waals surface area contributed by atoms with Crippen molar-refractivity contribution in [2.45, 2.75) is 11.5 Å². The summed E-state index contributed by atoms with van der Waals surface area (Å²) in [5.41, 5.74) is 0.338. The molecule has 0 bridgehead atoms. The van der Waals surface area contributed by atoms with Gasteiger partial charge in [-0.1, -0.05) is 6.07 Å². The van der Waals surface area contributed by atoms with Crippen LogP contribution in [0.15, 0.2) is 23.1 Å². The first-order chi connectivity index (χ1) is 6.89. The summed E-state index contributed by atoms with van der Waals surface area (Å²) in [5.74, 6) is -0.852. The van der Waals surface area contributed by atoms with E-state index >= 15 is 0 Å². The van der Waals surface area contributed by atoms with E-state index in [9.17, 15) is 12.8 Å². The highest BCUT2D eigenvalue weighted by Gasteiger charge is 2.21. The Kier molecular flexibility index (Phi) is 3.43. The van der Waals surface area contributed by atoms with Crippen molar-refractivity contribution in [3.05, 3.63) is 29.6 Å². The van der Waals surface area contributed by atoms with Crippen molar-refractivity contribution in [1.82, 2.24) is 4.31 Å². The summed E-state index contributed by atoms with van der Waals surface area (Å²) in [5, 5.41) is 8.74. The first kappa shape index (κ1) is 12.1. The molecule has 0 amide bonds. The van der Waals surface area contributed by atoms with Crippen LogP contribution in [0.2, 0.25) is 0 Å². The molecule has 0 radical (unpaired) electrons. The lowest BCUT2D eigenvalue weighted by atomic mass is 10.2. The van der Waals surface area contributed by atoms with Crippen molar-refractivity contribution in [1.29, 1.82) is 0 Å². The number of aliphatic hydroxyl groups is 1. The molecule has 4 nitrogen and oxygen atoms in total. The molecule has 0 unspecified atom stereocenters. The van der Waals surface area contributed by atoms with Crippen LogP contribution in [0.5, 0.6) is 0 Å². The standard InChI is InChI=1S/C9H12FNO3S/c1-11(2)15(13,14)9-4-3-7(6-12)5-8(9)10/h3-5,12H,6H2,1-2H3. The fourth-order valence-corrected chi connectivity index (χ4v) is 1.99. The van der Waals surface area contributed by atoms with E-state index in [1.54, 1.807) is 0 Å². The van der Waals surface area contributed by atoms with Gasteiger partial charge in [0.25, 0.3) is 0 Å². The van der Waals surface area contributed by atoms with Gasteiger partial charge in [-0.3, -0.25) is 0 Å². The lowest BCUT2D eigenvalue weighted by Gasteiger charge is -2.12. The van der Waals surface area contributed by atoms with E-state index in [0.29, 0.717) is 5.56 Å². The minimum atomic E-state index is -3.76. The van der Waals surface area contributed by atoms with Crippen LogP contribution in [0.3, 0.4) is 0 Å². The predicted molar refractivity (Wildman–Crippen MR) is 53.2 cm³/mol.